The molecule has 4 fully saturated rings. The molecule has 1 amide bonds. The summed E-state index contributed by atoms with van der Waals surface area (Å²) in [5, 5.41) is 3.46. The van der Waals surface area contributed by atoms with E-state index in [0.717, 1.165) is 18.3 Å². The van der Waals surface area contributed by atoms with Crippen molar-refractivity contribution in [2.45, 2.75) is 57.4 Å². The second kappa shape index (κ2) is 5.36. The molecule has 1 atom stereocenters. The monoisotopic (exact) mass is 309 g/mol. The molecule has 5 aliphatic carbocycles. The highest BCUT2D eigenvalue weighted by atomic mass is 16.2. The number of hydrogen-bond donors (Lipinski definition) is 1. The van der Waals surface area contributed by atoms with Gasteiger partial charge in [0.25, 0.3) is 0 Å². The van der Waals surface area contributed by atoms with Crippen molar-refractivity contribution in [3.05, 3.63) is 35.4 Å². The minimum atomic E-state index is 0.254. The van der Waals surface area contributed by atoms with Gasteiger partial charge in [0.1, 0.15) is 0 Å². The molecule has 5 aliphatic rings. The maximum absolute atomic E-state index is 13.1. The van der Waals surface area contributed by atoms with Crippen LogP contribution in [0, 0.1) is 29.6 Å². The van der Waals surface area contributed by atoms with Crippen molar-refractivity contribution in [3.8, 4) is 0 Å². The van der Waals surface area contributed by atoms with E-state index in [-0.39, 0.29) is 6.04 Å². The van der Waals surface area contributed by atoms with Gasteiger partial charge in [-0.05, 0) is 86.2 Å². The van der Waals surface area contributed by atoms with Crippen LogP contribution in [0.3, 0.4) is 0 Å². The first-order valence-corrected chi connectivity index (χ1v) is 9.66. The minimum absolute atomic E-state index is 0.254. The van der Waals surface area contributed by atoms with Gasteiger partial charge in [-0.25, -0.2) is 0 Å². The summed E-state index contributed by atoms with van der Waals surface area (Å²) in [6.45, 7) is 0. The van der Waals surface area contributed by atoms with Crippen molar-refractivity contribution in [2.75, 3.05) is 0 Å². The lowest BCUT2D eigenvalue weighted by atomic mass is 9.51. The van der Waals surface area contributed by atoms with E-state index in [9.17, 15) is 4.79 Å². The number of hydrogen-bond acceptors (Lipinski definition) is 1. The molecule has 6 rings (SSSR count). The Morgan fingerprint density at radius 3 is 2.39 bits per heavy atom. The number of aryl methyl sites for hydroxylation is 1. The van der Waals surface area contributed by atoms with Crippen molar-refractivity contribution in [2.24, 2.45) is 29.6 Å². The van der Waals surface area contributed by atoms with Gasteiger partial charge >= 0.3 is 0 Å². The van der Waals surface area contributed by atoms with Crippen molar-refractivity contribution < 1.29 is 4.79 Å². The Bertz CT molecular complexity index is 594. The second-order valence-electron chi connectivity index (χ2n) is 8.61. The van der Waals surface area contributed by atoms with E-state index in [1.807, 2.05) is 0 Å². The number of rotatable bonds is 2. The topological polar surface area (TPSA) is 29.1 Å². The SMILES string of the molecule is O=C(NC1CCCc2ccccc21)C1C2CC3CC(C2)CC1C3. The summed E-state index contributed by atoms with van der Waals surface area (Å²) in [5.41, 5.74) is 2.81. The summed E-state index contributed by atoms with van der Waals surface area (Å²) in [6.07, 6.45) is 10.2. The van der Waals surface area contributed by atoms with Crippen LogP contribution in [-0.2, 0) is 11.2 Å². The number of nitrogens with one attached hydrogen (secondary N) is 1. The van der Waals surface area contributed by atoms with E-state index < -0.39 is 0 Å². The second-order valence-corrected chi connectivity index (χ2v) is 8.61. The van der Waals surface area contributed by atoms with Gasteiger partial charge in [0.15, 0.2) is 0 Å². The van der Waals surface area contributed by atoms with E-state index in [4.69, 9.17) is 0 Å². The molecule has 0 aromatic heterocycles. The lowest BCUT2D eigenvalue weighted by Gasteiger charge is -2.53. The molecule has 0 radical (unpaired) electrons. The van der Waals surface area contributed by atoms with Gasteiger partial charge in [-0.2, -0.15) is 0 Å². The molecule has 1 unspecified atom stereocenters. The normalized spacial score (nSPS) is 40.7. The van der Waals surface area contributed by atoms with E-state index in [0.29, 0.717) is 23.7 Å². The molecular formula is C21H27NO. The summed E-state index contributed by atoms with van der Waals surface area (Å²) in [5.74, 6) is 3.95. The molecular weight excluding hydrogens is 282 g/mol. The van der Waals surface area contributed by atoms with Gasteiger partial charge in [0.2, 0.25) is 5.91 Å². The highest BCUT2D eigenvalue weighted by molar-refractivity contribution is 5.80. The third kappa shape index (κ3) is 2.33. The van der Waals surface area contributed by atoms with Crippen LogP contribution >= 0.6 is 0 Å². The van der Waals surface area contributed by atoms with Crippen LogP contribution in [0.2, 0.25) is 0 Å². The van der Waals surface area contributed by atoms with Crippen LogP contribution in [0.4, 0.5) is 0 Å². The quantitative estimate of drug-likeness (QED) is 0.869. The zero-order valence-corrected chi connectivity index (χ0v) is 13.8. The van der Waals surface area contributed by atoms with Crippen molar-refractivity contribution in [3.63, 3.8) is 0 Å². The maximum Gasteiger partial charge on any atom is 0.224 e. The Balaban J connectivity index is 1.35. The molecule has 0 aliphatic heterocycles. The van der Waals surface area contributed by atoms with Crippen LogP contribution in [0.25, 0.3) is 0 Å². The molecule has 1 aromatic carbocycles. The summed E-state index contributed by atoms with van der Waals surface area (Å²) < 4.78 is 0. The molecule has 2 nitrogen and oxygen atoms in total. The molecule has 2 heteroatoms. The smallest absolute Gasteiger partial charge is 0.224 e. The predicted molar refractivity (Wildman–Crippen MR) is 90.8 cm³/mol. The van der Waals surface area contributed by atoms with Crippen LogP contribution in [-0.4, -0.2) is 5.91 Å². The van der Waals surface area contributed by atoms with E-state index in [1.54, 1.807) is 0 Å². The fourth-order valence-corrected chi connectivity index (χ4v) is 6.53. The van der Waals surface area contributed by atoms with E-state index >= 15 is 0 Å². The first kappa shape index (κ1) is 14.1. The summed E-state index contributed by atoms with van der Waals surface area (Å²) in [4.78, 5) is 13.1. The third-order valence-corrected chi connectivity index (χ3v) is 7.22. The molecule has 122 valence electrons. The third-order valence-electron chi connectivity index (χ3n) is 7.22. The molecule has 0 spiro atoms. The van der Waals surface area contributed by atoms with Crippen molar-refractivity contribution in [1.82, 2.24) is 5.32 Å². The average Bonchev–Trinajstić information content (AvgIpc) is 2.54. The number of carbonyl (C=O) groups excluding carboxylic acids is 1. The van der Waals surface area contributed by atoms with E-state index in [1.165, 1.54) is 56.1 Å². The Kier molecular flexibility index (Phi) is 3.28. The highest BCUT2D eigenvalue weighted by Crippen LogP contribution is 2.56. The Morgan fingerprint density at radius 2 is 1.65 bits per heavy atom. The highest BCUT2D eigenvalue weighted by Gasteiger charge is 2.50. The lowest BCUT2D eigenvalue weighted by Crippen LogP contribution is -2.51. The Labute approximate surface area is 139 Å². The van der Waals surface area contributed by atoms with Gasteiger partial charge in [-0.3, -0.25) is 4.79 Å². The zero-order chi connectivity index (χ0) is 15.4. The van der Waals surface area contributed by atoms with Gasteiger partial charge in [-0.1, -0.05) is 24.3 Å². The van der Waals surface area contributed by atoms with Crippen LogP contribution in [0.15, 0.2) is 24.3 Å². The molecule has 4 bridgehead atoms. The molecule has 1 aromatic rings. The first-order chi connectivity index (χ1) is 11.3. The zero-order valence-electron chi connectivity index (χ0n) is 13.8. The van der Waals surface area contributed by atoms with E-state index in [2.05, 4.69) is 29.6 Å². The van der Waals surface area contributed by atoms with Crippen LogP contribution in [0.5, 0.6) is 0 Å². The standard InChI is InChI=1S/C21H27NO/c23-21(20-16-9-13-8-14(11-16)12-17(20)10-13)22-19-7-3-5-15-4-1-2-6-18(15)19/h1-2,4,6,13-14,16-17,19-20H,3,5,7-12H2,(H,22,23). The first-order valence-electron chi connectivity index (χ1n) is 9.66. The fourth-order valence-electron chi connectivity index (χ4n) is 6.53. The lowest BCUT2D eigenvalue weighted by molar-refractivity contribution is -0.139. The Morgan fingerprint density at radius 1 is 0.957 bits per heavy atom. The molecule has 0 saturated heterocycles. The maximum atomic E-state index is 13.1. The van der Waals surface area contributed by atoms with Crippen molar-refractivity contribution in [1.29, 1.82) is 0 Å². The molecule has 1 N–H and O–H groups in total. The Hall–Kier alpha value is -1.31. The molecule has 23 heavy (non-hydrogen) atoms. The summed E-state index contributed by atoms with van der Waals surface area (Å²) in [7, 11) is 0. The minimum Gasteiger partial charge on any atom is -0.349 e. The summed E-state index contributed by atoms with van der Waals surface area (Å²) >= 11 is 0. The predicted octanol–water partition coefficient (Wildman–Crippen LogP) is 4.25. The average molecular weight is 309 g/mol. The van der Waals surface area contributed by atoms with Gasteiger partial charge in [-0.15, -0.1) is 0 Å². The summed E-state index contributed by atoms with van der Waals surface area (Å²) in [6, 6.07) is 8.95. The number of benzene rings is 1. The van der Waals surface area contributed by atoms with Crippen LogP contribution < -0.4 is 5.32 Å². The van der Waals surface area contributed by atoms with Gasteiger partial charge in [0.05, 0.1) is 6.04 Å². The number of amides is 1. The number of fused-ring (bicyclic) bond motifs is 1. The largest absolute Gasteiger partial charge is 0.349 e. The van der Waals surface area contributed by atoms with Gasteiger partial charge < -0.3 is 5.32 Å². The van der Waals surface area contributed by atoms with Crippen LogP contribution in [0.1, 0.15) is 62.1 Å². The molecule has 4 saturated carbocycles. The molecule has 0 heterocycles. The van der Waals surface area contributed by atoms with Crippen molar-refractivity contribution >= 4 is 5.91 Å². The number of carbonyl (C=O) groups is 1. The fraction of sp³-hybridized carbons (Fsp3) is 0.667. The van der Waals surface area contributed by atoms with Gasteiger partial charge in [0, 0.05) is 5.92 Å².